The third-order valence-corrected chi connectivity index (χ3v) is 3.13. The highest BCUT2D eigenvalue weighted by Gasteiger charge is 2.09. The predicted octanol–water partition coefficient (Wildman–Crippen LogP) is 1.33. The van der Waals surface area contributed by atoms with E-state index in [0.717, 1.165) is 4.90 Å². The summed E-state index contributed by atoms with van der Waals surface area (Å²) in [5.41, 5.74) is 0.660. The Bertz CT molecular complexity index is 338. The highest BCUT2D eigenvalue weighted by atomic mass is 32.2. The van der Waals surface area contributed by atoms with Gasteiger partial charge < -0.3 is 10.2 Å². The van der Waals surface area contributed by atoms with Gasteiger partial charge in [-0.3, -0.25) is 4.79 Å². The maximum Gasteiger partial charge on any atom is 0.160 e. The van der Waals surface area contributed by atoms with Crippen LogP contribution in [0.15, 0.2) is 29.2 Å². The Morgan fingerprint density at radius 3 is 2.73 bits per heavy atom. The summed E-state index contributed by atoms with van der Waals surface area (Å²) in [7, 11) is 0. The molecule has 1 unspecified atom stereocenters. The molecular weight excluding hydrogens is 212 g/mol. The Morgan fingerprint density at radius 2 is 2.13 bits per heavy atom. The molecule has 0 saturated carbocycles. The maximum atomic E-state index is 11.3. The van der Waals surface area contributed by atoms with Crippen LogP contribution in [0.4, 0.5) is 0 Å². The molecule has 0 aliphatic rings. The molecule has 1 aromatic carbocycles. The summed E-state index contributed by atoms with van der Waals surface area (Å²) in [6, 6.07) is 7.25. The molecular formula is C11H14O3S. The second-order valence-electron chi connectivity index (χ2n) is 3.20. The molecule has 82 valence electrons. The van der Waals surface area contributed by atoms with E-state index in [9.17, 15) is 9.90 Å². The molecule has 0 amide bonds. The Kier molecular flexibility index (Phi) is 4.81. The molecule has 1 atom stereocenters. The second kappa shape index (κ2) is 5.90. The number of carbonyl (C=O) groups is 1. The largest absolute Gasteiger partial charge is 0.394 e. The Balaban J connectivity index is 2.72. The lowest BCUT2D eigenvalue weighted by molar-refractivity contribution is 0.101. The van der Waals surface area contributed by atoms with Gasteiger partial charge in [0.05, 0.1) is 12.7 Å². The van der Waals surface area contributed by atoms with E-state index in [1.54, 1.807) is 6.07 Å². The first-order valence-electron chi connectivity index (χ1n) is 4.67. The zero-order valence-electron chi connectivity index (χ0n) is 8.51. The van der Waals surface area contributed by atoms with Crippen LogP contribution >= 0.6 is 11.8 Å². The average Bonchev–Trinajstić information content (AvgIpc) is 2.26. The topological polar surface area (TPSA) is 57.5 Å². The summed E-state index contributed by atoms with van der Waals surface area (Å²) < 4.78 is 0. The SMILES string of the molecule is CC(=O)c1ccccc1SCC(O)CO. The number of hydrogen-bond donors (Lipinski definition) is 2. The Morgan fingerprint density at radius 1 is 1.47 bits per heavy atom. The normalized spacial score (nSPS) is 12.5. The minimum atomic E-state index is -0.741. The number of carbonyl (C=O) groups excluding carboxylic acids is 1. The van der Waals surface area contributed by atoms with Gasteiger partial charge in [0.2, 0.25) is 0 Å². The van der Waals surface area contributed by atoms with Crippen LogP contribution in [0.3, 0.4) is 0 Å². The van der Waals surface area contributed by atoms with Crippen molar-refractivity contribution < 1.29 is 15.0 Å². The molecule has 2 N–H and O–H groups in total. The number of Topliss-reactive ketones (excluding diaryl/α,β-unsaturated/α-hetero) is 1. The number of aliphatic hydroxyl groups is 2. The summed E-state index contributed by atoms with van der Waals surface area (Å²) in [5, 5.41) is 17.9. The second-order valence-corrected chi connectivity index (χ2v) is 4.26. The van der Waals surface area contributed by atoms with E-state index in [4.69, 9.17) is 5.11 Å². The van der Waals surface area contributed by atoms with Gasteiger partial charge in [-0.05, 0) is 13.0 Å². The molecule has 1 rings (SSSR count). The molecule has 0 aromatic heterocycles. The highest BCUT2D eigenvalue weighted by molar-refractivity contribution is 7.99. The van der Waals surface area contributed by atoms with E-state index < -0.39 is 6.10 Å². The first kappa shape index (κ1) is 12.2. The van der Waals surface area contributed by atoms with Crippen LogP contribution in [0.1, 0.15) is 17.3 Å². The van der Waals surface area contributed by atoms with Crippen molar-refractivity contribution in [3.63, 3.8) is 0 Å². The molecule has 1 aromatic rings. The average molecular weight is 226 g/mol. The molecule has 3 nitrogen and oxygen atoms in total. The zero-order chi connectivity index (χ0) is 11.3. The lowest BCUT2D eigenvalue weighted by Crippen LogP contribution is -2.14. The van der Waals surface area contributed by atoms with Crippen molar-refractivity contribution in [2.75, 3.05) is 12.4 Å². The van der Waals surface area contributed by atoms with Crippen LogP contribution in [0.25, 0.3) is 0 Å². The van der Waals surface area contributed by atoms with Crippen LogP contribution < -0.4 is 0 Å². The van der Waals surface area contributed by atoms with Crippen molar-refractivity contribution in [1.29, 1.82) is 0 Å². The van der Waals surface area contributed by atoms with Gasteiger partial charge in [0.1, 0.15) is 0 Å². The first-order chi connectivity index (χ1) is 7.15. The molecule has 4 heteroatoms. The molecule has 0 spiro atoms. The highest BCUT2D eigenvalue weighted by Crippen LogP contribution is 2.23. The van der Waals surface area contributed by atoms with Crippen LogP contribution in [0, 0.1) is 0 Å². The van der Waals surface area contributed by atoms with Gasteiger partial charge in [-0.1, -0.05) is 18.2 Å². The molecule has 0 bridgehead atoms. The van der Waals surface area contributed by atoms with Gasteiger partial charge in [0.25, 0.3) is 0 Å². The minimum Gasteiger partial charge on any atom is -0.394 e. The van der Waals surface area contributed by atoms with E-state index in [-0.39, 0.29) is 12.4 Å². The molecule has 0 radical (unpaired) electrons. The van der Waals surface area contributed by atoms with Crippen LogP contribution in [-0.4, -0.2) is 34.5 Å². The van der Waals surface area contributed by atoms with Crippen molar-refractivity contribution in [2.45, 2.75) is 17.9 Å². The summed E-state index contributed by atoms with van der Waals surface area (Å²) in [6.07, 6.45) is -0.741. The Labute approximate surface area is 93.1 Å². The number of benzene rings is 1. The van der Waals surface area contributed by atoms with Gasteiger partial charge >= 0.3 is 0 Å². The van der Waals surface area contributed by atoms with Crippen molar-refractivity contribution in [2.24, 2.45) is 0 Å². The van der Waals surface area contributed by atoms with Crippen molar-refractivity contribution in [1.82, 2.24) is 0 Å². The van der Waals surface area contributed by atoms with Crippen molar-refractivity contribution in [3.05, 3.63) is 29.8 Å². The fourth-order valence-electron chi connectivity index (χ4n) is 1.12. The summed E-state index contributed by atoms with van der Waals surface area (Å²) in [4.78, 5) is 12.1. The lowest BCUT2D eigenvalue weighted by Gasteiger charge is -2.08. The monoisotopic (exact) mass is 226 g/mol. The molecule has 15 heavy (non-hydrogen) atoms. The third kappa shape index (κ3) is 3.66. The number of rotatable bonds is 5. The molecule has 0 aliphatic carbocycles. The van der Waals surface area contributed by atoms with Gasteiger partial charge in [-0.15, -0.1) is 11.8 Å². The number of hydrogen-bond acceptors (Lipinski definition) is 4. The predicted molar refractivity (Wildman–Crippen MR) is 60.3 cm³/mol. The fourth-order valence-corrected chi connectivity index (χ4v) is 2.14. The van der Waals surface area contributed by atoms with Gasteiger partial charge in [0.15, 0.2) is 5.78 Å². The van der Waals surface area contributed by atoms with Crippen molar-refractivity contribution in [3.8, 4) is 0 Å². The van der Waals surface area contributed by atoms with E-state index in [1.807, 2.05) is 18.2 Å². The number of thioether (sulfide) groups is 1. The van der Waals surface area contributed by atoms with E-state index >= 15 is 0 Å². The third-order valence-electron chi connectivity index (χ3n) is 1.91. The zero-order valence-corrected chi connectivity index (χ0v) is 9.33. The van der Waals surface area contributed by atoms with E-state index in [0.29, 0.717) is 11.3 Å². The fraction of sp³-hybridized carbons (Fsp3) is 0.364. The molecule has 0 fully saturated rings. The Hall–Kier alpha value is -0.840. The lowest BCUT2D eigenvalue weighted by atomic mass is 10.1. The summed E-state index contributed by atoms with van der Waals surface area (Å²) in [5.74, 6) is 0.400. The maximum absolute atomic E-state index is 11.3. The van der Waals surface area contributed by atoms with Crippen LogP contribution in [0.5, 0.6) is 0 Å². The van der Waals surface area contributed by atoms with Gasteiger partial charge in [-0.2, -0.15) is 0 Å². The van der Waals surface area contributed by atoms with Crippen LogP contribution in [0.2, 0.25) is 0 Å². The standard InChI is InChI=1S/C11H14O3S/c1-8(13)10-4-2-3-5-11(10)15-7-9(14)6-12/h2-5,9,12,14H,6-7H2,1H3. The number of ketones is 1. The first-order valence-corrected chi connectivity index (χ1v) is 5.65. The molecule has 0 saturated heterocycles. The van der Waals surface area contributed by atoms with E-state index in [1.165, 1.54) is 18.7 Å². The van der Waals surface area contributed by atoms with Gasteiger partial charge in [-0.25, -0.2) is 0 Å². The summed E-state index contributed by atoms with van der Waals surface area (Å²) in [6.45, 7) is 1.26. The quantitative estimate of drug-likeness (QED) is 0.587. The molecule has 0 heterocycles. The summed E-state index contributed by atoms with van der Waals surface area (Å²) >= 11 is 1.38. The van der Waals surface area contributed by atoms with Gasteiger partial charge in [0, 0.05) is 16.2 Å². The van der Waals surface area contributed by atoms with Crippen molar-refractivity contribution >= 4 is 17.5 Å². The minimum absolute atomic E-state index is 0.0107. The molecule has 0 aliphatic heterocycles. The number of aliphatic hydroxyl groups excluding tert-OH is 2. The van der Waals surface area contributed by atoms with E-state index in [2.05, 4.69) is 0 Å². The smallest absolute Gasteiger partial charge is 0.160 e. The van der Waals surface area contributed by atoms with Crippen LogP contribution in [-0.2, 0) is 0 Å².